The minimum absolute atomic E-state index is 0.0391. The maximum atomic E-state index is 12.6. The van der Waals surface area contributed by atoms with Gasteiger partial charge in [0.2, 0.25) is 0 Å². The van der Waals surface area contributed by atoms with Crippen molar-refractivity contribution in [3.8, 4) is 17.2 Å². The van der Waals surface area contributed by atoms with Crippen LogP contribution in [-0.4, -0.2) is 60.0 Å². The zero-order valence-corrected chi connectivity index (χ0v) is 18.2. The number of nitrogens with one attached hydrogen (secondary N) is 2. The summed E-state index contributed by atoms with van der Waals surface area (Å²) in [4.78, 5) is 16.3. The molecule has 30 heavy (non-hydrogen) atoms. The Kier molecular flexibility index (Phi) is 7.41. The summed E-state index contributed by atoms with van der Waals surface area (Å²) in [5.74, 6) is 2.38. The van der Waals surface area contributed by atoms with E-state index in [1.807, 2.05) is 37.3 Å². The van der Waals surface area contributed by atoms with Crippen LogP contribution in [0.25, 0.3) is 0 Å². The van der Waals surface area contributed by atoms with E-state index in [0.717, 1.165) is 54.7 Å². The molecule has 1 amide bonds. The predicted octanol–water partition coefficient (Wildman–Crippen LogP) is 1.29. The number of benzene rings is 2. The Morgan fingerprint density at radius 1 is 1.03 bits per heavy atom. The minimum atomic E-state index is -0.167. The van der Waals surface area contributed by atoms with Crippen molar-refractivity contribution in [2.75, 3.05) is 59.0 Å². The van der Waals surface area contributed by atoms with Crippen LogP contribution in [0, 0.1) is 0 Å². The molecule has 7 heteroatoms. The number of piperazine rings is 1. The fraction of sp³-hybridized carbons (Fsp3) is 0.435. The van der Waals surface area contributed by atoms with Gasteiger partial charge in [0.15, 0.2) is 6.54 Å². The summed E-state index contributed by atoms with van der Waals surface area (Å²) < 4.78 is 16.1. The molecule has 2 aromatic carbocycles. The summed E-state index contributed by atoms with van der Waals surface area (Å²) in [6.07, 6.45) is 0. The average molecular weight is 415 g/mol. The third kappa shape index (κ3) is 5.36. The summed E-state index contributed by atoms with van der Waals surface area (Å²) >= 11 is 0. The summed E-state index contributed by atoms with van der Waals surface area (Å²) in [6.45, 7) is 6.08. The molecule has 1 heterocycles. The largest absolute Gasteiger partial charge is 0.497 e. The highest BCUT2D eigenvalue weighted by Crippen LogP contribution is 2.29. The molecule has 1 aliphatic rings. The predicted molar refractivity (Wildman–Crippen MR) is 117 cm³/mol. The first-order valence-corrected chi connectivity index (χ1v) is 10.3. The molecule has 1 atom stereocenters. The van der Waals surface area contributed by atoms with Gasteiger partial charge >= 0.3 is 0 Å². The lowest BCUT2D eigenvalue weighted by atomic mass is 10.1. The number of carbonyl (C=O) groups is 1. The molecule has 2 aromatic rings. The number of nitrogens with zero attached hydrogens (tertiary/aromatic N) is 1. The van der Waals surface area contributed by atoms with Gasteiger partial charge in [0.1, 0.15) is 17.2 Å². The van der Waals surface area contributed by atoms with Gasteiger partial charge in [-0.15, -0.1) is 0 Å². The van der Waals surface area contributed by atoms with E-state index in [-0.39, 0.29) is 11.9 Å². The number of ether oxygens (including phenoxy) is 3. The maximum absolute atomic E-state index is 12.6. The molecule has 0 saturated carbocycles. The summed E-state index contributed by atoms with van der Waals surface area (Å²) in [7, 11) is 4.94. The van der Waals surface area contributed by atoms with Crippen LogP contribution in [0.2, 0.25) is 0 Å². The molecule has 1 saturated heterocycles. The van der Waals surface area contributed by atoms with E-state index in [2.05, 4.69) is 22.3 Å². The average Bonchev–Trinajstić information content (AvgIpc) is 2.79. The molecule has 0 spiro atoms. The van der Waals surface area contributed by atoms with Crippen LogP contribution in [-0.2, 0) is 4.79 Å². The van der Waals surface area contributed by atoms with Gasteiger partial charge in [0.25, 0.3) is 5.91 Å². The lowest BCUT2D eigenvalue weighted by molar-refractivity contribution is -0.892. The van der Waals surface area contributed by atoms with Crippen molar-refractivity contribution in [3.63, 3.8) is 0 Å². The Hall–Kier alpha value is -2.93. The van der Waals surface area contributed by atoms with E-state index in [1.165, 1.54) is 4.90 Å². The Labute approximate surface area is 178 Å². The van der Waals surface area contributed by atoms with Crippen LogP contribution in [0.4, 0.5) is 5.69 Å². The maximum Gasteiger partial charge on any atom is 0.275 e. The first kappa shape index (κ1) is 21.8. The fourth-order valence-corrected chi connectivity index (χ4v) is 3.84. The van der Waals surface area contributed by atoms with Crippen LogP contribution in [0.15, 0.2) is 42.5 Å². The first-order chi connectivity index (χ1) is 14.5. The van der Waals surface area contributed by atoms with Gasteiger partial charge in [-0.1, -0.05) is 6.07 Å². The molecular formula is C23H32N3O4+. The first-order valence-electron chi connectivity index (χ1n) is 10.3. The summed E-state index contributed by atoms with van der Waals surface area (Å²) in [5.41, 5.74) is 2.07. The van der Waals surface area contributed by atoms with Crippen molar-refractivity contribution < 1.29 is 23.9 Å². The van der Waals surface area contributed by atoms with Crippen molar-refractivity contribution in [3.05, 3.63) is 48.0 Å². The molecule has 0 unspecified atom stereocenters. The van der Waals surface area contributed by atoms with Gasteiger partial charge in [-0.3, -0.25) is 4.79 Å². The Morgan fingerprint density at radius 3 is 2.40 bits per heavy atom. The van der Waals surface area contributed by atoms with Crippen LogP contribution < -0.4 is 29.3 Å². The molecule has 1 fully saturated rings. The van der Waals surface area contributed by atoms with Crippen LogP contribution in [0.1, 0.15) is 18.5 Å². The lowest BCUT2D eigenvalue weighted by Crippen LogP contribution is -3.15. The molecule has 2 N–H and O–H groups in total. The quantitative estimate of drug-likeness (QED) is 0.682. The number of anilines is 1. The van der Waals surface area contributed by atoms with Crippen molar-refractivity contribution in [2.45, 2.75) is 13.0 Å². The molecule has 0 bridgehead atoms. The van der Waals surface area contributed by atoms with E-state index in [9.17, 15) is 4.79 Å². The highest BCUT2D eigenvalue weighted by atomic mass is 16.5. The van der Waals surface area contributed by atoms with E-state index in [0.29, 0.717) is 6.54 Å². The highest BCUT2D eigenvalue weighted by molar-refractivity contribution is 5.77. The van der Waals surface area contributed by atoms with Gasteiger partial charge in [-0.05, 0) is 37.3 Å². The Balaban J connectivity index is 1.52. The van der Waals surface area contributed by atoms with Gasteiger partial charge < -0.3 is 29.3 Å². The number of quaternary nitrogens is 1. The van der Waals surface area contributed by atoms with Crippen molar-refractivity contribution >= 4 is 11.6 Å². The van der Waals surface area contributed by atoms with E-state index >= 15 is 0 Å². The van der Waals surface area contributed by atoms with Crippen LogP contribution in [0.3, 0.4) is 0 Å². The van der Waals surface area contributed by atoms with E-state index in [1.54, 1.807) is 21.3 Å². The second-order valence-electron chi connectivity index (χ2n) is 7.51. The van der Waals surface area contributed by atoms with E-state index < -0.39 is 0 Å². The Bertz CT molecular complexity index is 850. The van der Waals surface area contributed by atoms with Crippen molar-refractivity contribution in [1.29, 1.82) is 0 Å². The number of carbonyl (C=O) groups excluding carboxylic acids is 1. The lowest BCUT2D eigenvalue weighted by Gasteiger charge is -2.33. The molecule has 3 rings (SSSR count). The number of methoxy groups -OCH3 is 3. The smallest absolute Gasteiger partial charge is 0.275 e. The SMILES string of the molecule is COc1cccc(N2CC[NH+](CC(=O)N[C@H](C)c3cc(OC)ccc3OC)CC2)c1. The number of rotatable bonds is 8. The number of amides is 1. The third-order valence-electron chi connectivity index (χ3n) is 5.58. The topological polar surface area (TPSA) is 64.5 Å². The Morgan fingerprint density at radius 2 is 1.73 bits per heavy atom. The second kappa shape index (κ2) is 10.2. The monoisotopic (exact) mass is 414 g/mol. The van der Waals surface area contributed by atoms with Gasteiger partial charge in [0.05, 0.1) is 53.6 Å². The molecule has 1 aliphatic heterocycles. The standard InChI is InChI=1S/C23H31N3O4/c1-17(21-15-20(29-3)8-9-22(21)30-4)24-23(27)16-25-10-12-26(13-11-25)18-6-5-7-19(14-18)28-2/h5-9,14-15,17H,10-13,16H2,1-4H3,(H,24,27)/p+1/t17-/m1/s1. The van der Waals surface area contributed by atoms with Crippen LogP contribution >= 0.6 is 0 Å². The normalized spacial score (nSPS) is 15.4. The fourth-order valence-electron chi connectivity index (χ4n) is 3.84. The van der Waals surface area contributed by atoms with Crippen LogP contribution in [0.5, 0.6) is 17.2 Å². The molecule has 7 nitrogen and oxygen atoms in total. The number of hydrogen-bond acceptors (Lipinski definition) is 5. The van der Waals surface area contributed by atoms with Crippen molar-refractivity contribution in [2.24, 2.45) is 0 Å². The van der Waals surface area contributed by atoms with E-state index in [4.69, 9.17) is 14.2 Å². The van der Waals surface area contributed by atoms with Gasteiger partial charge in [-0.25, -0.2) is 0 Å². The zero-order valence-electron chi connectivity index (χ0n) is 18.2. The third-order valence-corrected chi connectivity index (χ3v) is 5.58. The minimum Gasteiger partial charge on any atom is -0.497 e. The van der Waals surface area contributed by atoms with Crippen molar-refractivity contribution in [1.82, 2.24) is 5.32 Å². The molecule has 0 aliphatic carbocycles. The summed E-state index contributed by atoms with van der Waals surface area (Å²) in [6, 6.07) is 13.6. The van der Waals surface area contributed by atoms with Gasteiger partial charge in [0, 0.05) is 17.3 Å². The van der Waals surface area contributed by atoms with Gasteiger partial charge in [-0.2, -0.15) is 0 Å². The number of hydrogen-bond donors (Lipinski definition) is 2. The highest BCUT2D eigenvalue weighted by Gasteiger charge is 2.24. The zero-order chi connectivity index (χ0) is 21.5. The molecular weight excluding hydrogens is 382 g/mol. The molecule has 0 radical (unpaired) electrons. The summed E-state index contributed by atoms with van der Waals surface area (Å²) in [5, 5.41) is 3.10. The molecule has 162 valence electrons. The second-order valence-corrected chi connectivity index (χ2v) is 7.51. The molecule has 0 aromatic heterocycles.